The van der Waals surface area contributed by atoms with E-state index in [9.17, 15) is 8.42 Å². The van der Waals surface area contributed by atoms with Crippen LogP contribution >= 0.6 is 0 Å². The van der Waals surface area contributed by atoms with Crippen molar-refractivity contribution < 1.29 is 8.42 Å². The standard InChI is InChI=1S/C17H18N4O2S/c22-24(23,16-9-5-2-6-10-16)14-13-21-17(18-19-20-21)12-11-15-7-3-1-4-8-15/h1-10H,11-14H2. The van der Waals surface area contributed by atoms with Gasteiger partial charge in [-0.1, -0.05) is 48.5 Å². The van der Waals surface area contributed by atoms with E-state index in [2.05, 4.69) is 15.5 Å². The molecule has 2 aromatic carbocycles. The van der Waals surface area contributed by atoms with Crippen LogP contribution in [-0.4, -0.2) is 34.4 Å². The third-order valence-electron chi connectivity index (χ3n) is 3.76. The third-order valence-corrected chi connectivity index (χ3v) is 5.47. The van der Waals surface area contributed by atoms with Crippen molar-refractivity contribution in [3.8, 4) is 0 Å². The minimum Gasteiger partial charge on any atom is -0.229 e. The van der Waals surface area contributed by atoms with Crippen molar-refractivity contribution >= 4 is 9.84 Å². The fourth-order valence-electron chi connectivity index (χ4n) is 2.43. The number of tetrazole rings is 1. The van der Waals surface area contributed by atoms with Crippen molar-refractivity contribution in [2.75, 3.05) is 5.75 Å². The lowest BCUT2D eigenvalue weighted by Gasteiger charge is -2.06. The molecule has 0 saturated carbocycles. The summed E-state index contributed by atoms with van der Waals surface area (Å²) in [6, 6.07) is 18.5. The molecule has 0 fully saturated rings. The molecule has 7 heteroatoms. The lowest BCUT2D eigenvalue weighted by Crippen LogP contribution is -2.16. The highest BCUT2D eigenvalue weighted by molar-refractivity contribution is 7.91. The summed E-state index contributed by atoms with van der Waals surface area (Å²) in [4.78, 5) is 0.323. The number of nitrogens with zero attached hydrogens (tertiary/aromatic N) is 4. The summed E-state index contributed by atoms with van der Waals surface area (Å²) in [5.41, 5.74) is 1.20. The summed E-state index contributed by atoms with van der Waals surface area (Å²) in [6.45, 7) is 0.244. The normalized spacial score (nSPS) is 11.5. The zero-order valence-corrected chi connectivity index (χ0v) is 13.9. The van der Waals surface area contributed by atoms with Crippen molar-refractivity contribution in [3.05, 3.63) is 72.1 Å². The van der Waals surface area contributed by atoms with E-state index in [-0.39, 0.29) is 12.3 Å². The second-order valence-electron chi connectivity index (χ2n) is 5.44. The number of hydrogen-bond acceptors (Lipinski definition) is 5. The first-order valence-electron chi connectivity index (χ1n) is 7.72. The first kappa shape index (κ1) is 16.3. The predicted molar refractivity (Wildman–Crippen MR) is 90.2 cm³/mol. The lowest BCUT2D eigenvalue weighted by molar-refractivity contribution is 0.564. The van der Waals surface area contributed by atoms with E-state index in [1.807, 2.05) is 30.3 Å². The molecule has 0 atom stereocenters. The Hall–Kier alpha value is -2.54. The van der Waals surface area contributed by atoms with Gasteiger partial charge in [0, 0.05) is 6.42 Å². The number of rotatable bonds is 7. The van der Waals surface area contributed by atoms with Gasteiger partial charge in [0.1, 0.15) is 0 Å². The molecule has 3 aromatic rings. The molecular formula is C17H18N4O2S. The summed E-state index contributed by atoms with van der Waals surface area (Å²) in [5, 5.41) is 11.6. The Balaban J connectivity index is 1.64. The van der Waals surface area contributed by atoms with Crippen LogP contribution in [0.2, 0.25) is 0 Å². The Bertz CT molecular complexity index is 877. The van der Waals surface area contributed by atoms with Crippen molar-refractivity contribution in [1.29, 1.82) is 0 Å². The lowest BCUT2D eigenvalue weighted by atomic mass is 10.1. The first-order chi connectivity index (χ1) is 11.6. The molecule has 24 heavy (non-hydrogen) atoms. The maximum Gasteiger partial charge on any atom is 0.180 e. The molecule has 124 valence electrons. The van der Waals surface area contributed by atoms with E-state index in [0.29, 0.717) is 17.1 Å². The molecule has 1 aromatic heterocycles. The van der Waals surface area contributed by atoms with Gasteiger partial charge in [-0.3, -0.25) is 0 Å². The van der Waals surface area contributed by atoms with Crippen LogP contribution in [0, 0.1) is 0 Å². The minimum atomic E-state index is -3.34. The summed E-state index contributed by atoms with van der Waals surface area (Å²) >= 11 is 0. The Kier molecular flexibility index (Phi) is 5.00. The number of aryl methyl sites for hydroxylation is 3. The number of hydrogen-bond donors (Lipinski definition) is 0. The molecule has 0 unspecified atom stereocenters. The summed E-state index contributed by atoms with van der Waals surface area (Å²) in [7, 11) is -3.34. The molecule has 0 bridgehead atoms. The average molecular weight is 342 g/mol. The Morgan fingerprint density at radius 3 is 2.25 bits per heavy atom. The van der Waals surface area contributed by atoms with Crippen LogP contribution in [0.5, 0.6) is 0 Å². The van der Waals surface area contributed by atoms with Crippen LogP contribution in [0.3, 0.4) is 0 Å². The number of sulfone groups is 1. The van der Waals surface area contributed by atoms with Crippen LogP contribution in [0.15, 0.2) is 65.6 Å². The maximum atomic E-state index is 12.3. The first-order valence-corrected chi connectivity index (χ1v) is 9.37. The molecule has 0 aliphatic carbocycles. The van der Waals surface area contributed by atoms with Crippen LogP contribution in [0.1, 0.15) is 11.4 Å². The quantitative estimate of drug-likeness (QED) is 0.656. The molecule has 0 N–H and O–H groups in total. The molecule has 0 saturated heterocycles. The zero-order valence-electron chi connectivity index (χ0n) is 13.1. The van der Waals surface area contributed by atoms with E-state index in [1.165, 1.54) is 5.56 Å². The van der Waals surface area contributed by atoms with Crippen molar-refractivity contribution in [3.63, 3.8) is 0 Å². The van der Waals surface area contributed by atoms with Gasteiger partial charge in [-0.25, -0.2) is 13.1 Å². The van der Waals surface area contributed by atoms with Gasteiger partial charge in [-0.15, -0.1) is 5.10 Å². The molecule has 3 rings (SSSR count). The molecule has 0 amide bonds. The average Bonchev–Trinajstić information content (AvgIpc) is 3.07. The van der Waals surface area contributed by atoms with Gasteiger partial charge in [0.15, 0.2) is 15.7 Å². The largest absolute Gasteiger partial charge is 0.229 e. The Labute approximate surface area is 141 Å². The zero-order chi connectivity index (χ0) is 16.8. The van der Waals surface area contributed by atoms with Crippen molar-refractivity contribution in [2.24, 2.45) is 0 Å². The molecule has 6 nitrogen and oxygen atoms in total. The smallest absolute Gasteiger partial charge is 0.180 e. The third kappa shape index (κ3) is 4.05. The number of benzene rings is 2. The minimum absolute atomic E-state index is 0.0274. The van der Waals surface area contributed by atoms with Crippen LogP contribution in [-0.2, 0) is 29.2 Å². The van der Waals surface area contributed by atoms with Gasteiger partial charge in [0.25, 0.3) is 0 Å². The highest BCUT2D eigenvalue weighted by atomic mass is 32.2. The second-order valence-corrected chi connectivity index (χ2v) is 7.54. The van der Waals surface area contributed by atoms with Gasteiger partial charge in [-0.05, 0) is 34.5 Å². The van der Waals surface area contributed by atoms with Gasteiger partial charge < -0.3 is 0 Å². The summed E-state index contributed by atoms with van der Waals surface area (Å²) in [5.74, 6) is 0.669. The van der Waals surface area contributed by atoms with E-state index >= 15 is 0 Å². The maximum absolute atomic E-state index is 12.3. The molecule has 0 aliphatic rings. The fourth-order valence-corrected chi connectivity index (χ4v) is 3.65. The van der Waals surface area contributed by atoms with E-state index < -0.39 is 9.84 Å². The van der Waals surface area contributed by atoms with E-state index in [1.54, 1.807) is 35.0 Å². The topological polar surface area (TPSA) is 77.7 Å². The predicted octanol–water partition coefficient (Wildman–Crippen LogP) is 1.93. The summed E-state index contributed by atoms with van der Waals surface area (Å²) < 4.78 is 26.2. The Morgan fingerprint density at radius 2 is 1.54 bits per heavy atom. The van der Waals surface area contributed by atoms with E-state index in [4.69, 9.17) is 0 Å². The van der Waals surface area contributed by atoms with Crippen LogP contribution in [0.25, 0.3) is 0 Å². The van der Waals surface area contributed by atoms with Gasteiger partial charge in [0.05, 0.1) is 17.2 Å². The van der Waals surface area contributed by atoms with Gasteiger partial charge in [-0.2, -0.15) is 0 Å². The molecular weight excluding hydrogens is 324 g/mol. The van der Waals surface area contributed by atoms with Crippen molar-refractivity contribution in [2.45, 2.75) is 24.3 Å². The molecule has 0 spiro atoms. The molecule has 0 radical (unpaired) electrons. The molecule has 0 aliphatic heterocycles. The van der Waals surface area contributed by atoms with Gasteiger partial charge >= 0.3 is 0 Å². The van der Waals surface area contributed by atoms with Crippen LogP contribution < -0.4 is 0 Å². The van der Waals surface area contributed by atoms with Crippen LogP contribution in [0.4, 0.5) is 0 Å². The summed E-state index contributed by atoms with van der Waals surface area (Å²) in [6.07, 6.45) is 1.48. The van der Waals surface area contributed by atoms with Crippen molar-refractivity contribution in [1.82, 2.24) is 20.2 Å². The Morgan fingerprint density at radius 1 is 0.875 bits per heavy atom. The SMILES string of the molecule is O=S(=O)(CCn1nnnc1CCc1ccccc1)c1ccccc1. The van der Waals surface area contributed by atoms with E-state index in [0.717, 1.165) is 6.42 Å². The number of aromatic nitrogens is 4. The monoisotopic (exact) mass is 342 g/mol. The van der Waals surface area contributed by atoms with Gasteiger partial charge in [0.2, 0.25) is 0 Å². The fraction of sp³-hybridized carbons (Fsp3) is 0.235. The molecule has 1 heterocycles. The second kappa shape index (κ2) is 7.35. The highest BCUT2D eigenvalue weighted by Crippen LogP contribution is 2.11. The highest BCUT2D eigenvalue weighted by Gasteiger charge is 2.16.